The lowest BCUT2D eigenvalue weighted by atomic mass is 10.1. The van der Waals surface area contributed by atoms with Gasteiger partial charge in [-0.15, -0.1) is 5.10 Å². The Labute approximate surface area is 63.8 Å². The maximum atomic E-state index is 8.51. The minimum absolute atomic E-state index is 0.0845. The number of hydrogen-bond acceptors (Lipinski definition) is 4. The first-order chi connectivity index (χ1) is 5.38. The van der Waals surface area contributed by atoms with Gasteiger partial charge in [-0.2, -0.15) is 15.6 Å². The maximum Gasteiger partial charge on any atom is 0.180 e. The van der Waals surface area contributed by atoms with Gasteiger partial charge in [-0.25, -0.2) is 0 Å². The van der Waals surface area contributed by atoms with Crippen LogP contribution in [0.15, 0.2) is 21.9 Å². The predicted octanol–water partition coefficient (Wildman–Crippen LogP) is 0.790. The summed E-state index contributed by atoms with van der Waals surface area (Å²) in [6, 6.07) is 3.66. The molecule has 0 aliphatic carbocycles. The molecule has 0 saturated heterocycles. The van der Waals surface area contributed by atoms with E-state index in [0.717, 1.165) is 0 Å². The highest BCUT2D eigenvalue weighted by atomic mass is 15.2. The molecule has 0 aromatic heterocycles. The Balaban J connectivity index is 3.06. The number of allylic oxidation sites excluding steroid dienone is 2. The molecule has 0 fully saturated rings. The summed E-state index contributed by atoms with van der Waals surface area (Å²) in [4.78, 5) is 0. The Morgan fingerprint density at radius 2 is 2.18 bits per heavy atom. The molecule has 0 N–H and O–H groups in total. The molecule has 1 aliphatic rings. The van der Waals surface area contributed by atoms with Crippen LogP contribution in [0.25, 0.3) is 0 Å². The van der Waals surface area contributed by atoms with Gasteiger partial charge in [0.05, 0.1) is 5.57 Å². The van der Waals surface area contributed by atoms with Crippen LogP contribution >= 0.6 is 0 Å². The van der Waals surface area contributed by atoms with Gasteiger partial charge in [0, 0.05) is 12.6 Å². The highest BCUT2D eigenvalue weighted by Gasteiger charge is 2.05. The van der Waals surface area contributed by atoms with E-state index in [2.05, 4.69) is 10.2 Å². The van der Waals surface area contributed by atoms with E-state index in [1.165, 1.54) is 0 Å². The zero-order valence-electron chi connectivity index (χ0n) is 5.65. The van der Waals surface area contributed by atoms with Crippen LogP contribution in [0.4, 0.5) is 0 Å². The molecule has 4 nitrogen and oxygen atoms in total. The monoisotopic (exact) mass is 144 g/mol. The Hall–Kier alpha value is -1.94. The second-order valence-electron chi connectivity index (χ2n) is 1.82. The average Bonchev–Trinajstić information content (AvgIpc) is 2.27. The number of rotatable bonds is 0. The normalized spacial score (nSPS) is 15.5. The van der Waals surface area contributed by atoms with E-state index in [9.17, 15) is 0 Å². The standard InChI is InChI=1S/C7H4N4/c8-4-6-2-1-3-10-11-7(6)5-9/h2-3H,1H2. The molecule has 0 unspecified atom stereocenters. The van der Waals surface area contributed by atoms with Crippen molar-refractivity contribution in [1.29, 1.82) is 10.5 Å². The molecular weight excluding hydrogens is 140 g/mol. The van der Waals surface area contributed by atoms with Crippen LogP contribution in [0.3, 0.4) is 0 Å². The predicted molar refractivity (Wildman–Crippen MR) is 39.9 cm³/mol. The van der Waals surface area contributed by atoms with Crippen molar-refractivity contribution >= 4 is 11.9 Å². The van der Waals surface area contributed by atoms with Gasteiger partial charge >= 0.3 is 0 Å². The SMILES string of the molecule is N#CC1=CCC=NN=C1C#N. The van der Waals surface area contributed by atoms with Gasteiger partial charge in [0.2, 0.25) is 0 Å². The first-order valence-electron chi connectivity index (χ1n) is 2.98. The first kappa shape index (κ1) is 7.17. The molecule has 0 amide bonds. The smallest absolute Gasteiger partial charge is 0.180 e. The third kappa shape index (κ3) is 1.50. The summed E-state index contributed by atoms with van der Waals surface area (Å²) in [5.74, 6) is 0. The van der Waals surface area contributed by atoms with Gasteiger partial charge < -0.3 is 0 Å². The fourth-order valence-corrected chi connectivity index (χ4v) is 0.648. The van der Waals surface area contributed by atoms with E-state index in [0.29, 0.717) is 12.0 Å². The molecule has 0 spiro atoms. The molecule has 0 aromatic carbocycles. The summed E-state index contributed by atoms with van der Waals surface area (Å²) in [6.07, 6.45) is 3.72. The quantitative estimate of drug-likeness (QED) is 0.504. The van der Waals surface area contributed by atoms with Crippen LogP contribution in [-0.2, 0) is 0 Å². The second kappa shape index (κ2) is 3.28. The van der Waals surface area contributed by atoms with E-state index in [4.69, 9.17) is 10.5 Å². The van der Waals surface area contributed by atoms with Crippen molar-refractivity contribution in [2.45, 2.75) is 6.42 Å². The van der Waals surface area contributed by atoms with Crippen molar-refractivity contribution in [1.82, 2.24) is 0 Å². The van der Waals surface area contributed by atoms with Gasteiger partial charge in [0.1, 0.15) is 12.1 Å². The molecule has 0 aromatic rings. The van der Waals surface area contributed by atoms with E-state index in [-0.39, 0.29) is 5.71 Å². The van der Waals surface area contributed by atoms with Gasteiger partial charge in [-0.1, -0.05) is 6.08 Å². The number of nitriles is 2. The van der Waals surface area contributed by atoms with E-state index >= 15 is 0 Å². The van der Waals surface area contributed by atoms with E-state index in [1.807, 2.05) is 6.07 Å². The lowest BCUT2D eigenvalue weighted by molar-refractivity contribution is 1.25. The molecular formula is C7H4N4. The molecule has 0 atom stereocenters. The van der Waals surface area contributed by atoms with Gasteiger partial charge in [-0.05, 0) is 0 Å². The van der Waals surface area contributed by atoms with Gasteiger partial charge in [0.25, 0.3) is 0 Å². The molecule has 52 valence electrons. The van der Waals surface area contributed by atoms with Crippen LogP contribution in [0.1, 0.15) is 6.42 Å². The van der Waals surface area contributed by atoms with E-state index in [1.54, 1.807) is 18.4 Å². The summed E-state index contributed by atoms with van der Waals surface area (Å²) in [5.41, 5.74) is 0.381. The van der Waals surface area contributed by atoms with Crippen molar-refractivity contribution in [3.8, 4) is 12.1 Å². The Morgan fingerprint density at radius 3 is 2.82 bits per heavy atom. The third-order valence-electron chi connectivity index (χ3n) is 1.15. The van der Waals surface area contributed by atoms with Crippen molar-refractivity contribution in [3.63, 3.8) is 0 Å². The van der Waals surface area contributed by atoms with Gasteiger partial charge in [0.15, 0.2) is 5.71 Å². The third-order valence-corrected chi connectivity index (χ3v) is 1.15. The first-order valence-corrected chi connectivity index (χ1v) is 2.98. The zero-order chi connectivity index (χ0) is 8.10. The molecule has 0 saturated carbocycles. The number of hydrogen-bond donors (Lipinski definition) is 0. The van der Waals surface area contributed by atoms with Crippen molar-refractivity contribution in [2.75, 3.05) is 0 Å². The highest BCUT2D eigenvalue weighted by molar-refractivity contribution is 6.14. The molecule has 0 bridgehead atoms. The van der Waals surface area contributed by atoms with Crippen LogP contribution < -0.4 is 0 Å². The fourth-order valence-electron chi connectivity index (χ4n) is 0.648. The Kier molecular flexibility index (Phi) is 2.14. The molecule has 0 radical (unpaired) electrons. The zero-order valence-corrected chi connectivity index (χ0v) is 5.65. The maximum absolute atomic E-state index is 8.51. The Morgan fingerprint density at radius 1 is 1.36 bits per heavy atom. The van der Waals surface area contributed by atoms with Crippen LogP contribution in [0.5, 0.6) is 0 Å². The summed E-state index contributed by atoms with van der Waals surface area (Å²) in [7, 11) is 0. The topological polar surface area (TPSA) is 72.3 Å². The average molecular weight is 144 g/mol. The summed E-state index contributed by atoms with van der Waals surface area (Å²) >= 11 is 0. The van der Waals surface area contributed by atoms with Crippen molar-refractivity contribution in [2.24, 2.45) is 10.2 Å². The van der Waals surface area contributed by atoms with Crippen LogP contribution in [0, 0.1) is 22.7 Å². The molecule has 4 heteroatoms. The molecule has 11 heavy (non-hydrogen) atoms. The largest absolute Gasteiger partial charge is 0.192 e. The van der Waals surface area contributed by atoms with Gasteiger partial charge in [-0.3, -0.25) is 0 Å². The lowest BCUT2D eigenvalue weighted by Gasteiger charge is -1.85. The Bertz CT molecular complexity index is 321. The minimum atomic E-state index is 0.0845. The van der Waals surface area contributed by atoms with E-state index < -0.39 is 0 Å². The minimum Gasteiger partial charge on any atom is -0.192 e. The van der Waals surface area contributed by atoms with Crippen LogP contribution in [0.2, 0.25) is 0 Å². The van der Waals surface area contributed by atoms with Crippen molar-refractivity contribution < 1.29 is 0 Å². The summed E-state index contributed by atoms with van der Waals surface area (Å²) in [6.45, 7) is 0. The lowest BCUT2D eigenvalue weighted by Crippen LogP contribution is -1.95. The number of nitrogens with zero attached hydrogens (tertiary/aromatic N) is 4. The fraction of sp³-hybridized carbons (Fsp3) is 0.143. The summed E-state index contributed by atoms with van der Waals surface area (Å²) in [5, 5.41) is 24.1. The van der Waals surface area contributed by atoms with Crippen molar-refractivity contribution in [3.05, 3.63) is 11.6 Å². The summed E-state index contributed by atoms with van der Waals surface area (Å²) < 4.78 is 0. The molecule has 1 heterocycles. The second-order valence-corrected chi connectivity index (χ2v) is 1.82. The molecule has 1 aliphatic heterocycles. The molecule has 1 rings (SSSR count). The van der Waals surface area contributed by atoms with Crippen LogP contribution in [-0.4, -0.2) is 11.9 Å². The highest BCUT2D eigenvalue weighted by Crippen LogP contribution is 2.01.